The molecule has 1 saturated carbocycles. The van der Waals surface area contributed by atoms with Crippen molar-refractivity contribution in [3.63, 3.8) is 0 Å². The topological polar surface area (TPSA) is 63.9 Å². The maximum Gasteiger partial charge on any atom is 0.211 e. The van der Waals surface area contributed by atoms with Gasteiger partial charge in [-0.05, 0) is 45.2 Å². The second-order valence-electron chi connectivity index (χ2n) is 7.40. The molecule has 27 heavy (non-hydrogen) atoms. The van der Waals surface area contributed by atoms with Crippen LogP contribution < -0.4 is 4.90 Å². The summed E-state index contributed by atoms with van der Waals surface area (Å²) in [6, 6.07) is 3.50. The van der Waals surface area contributed by atoms with Crippen LogP contribution in [0, 0.1) is 13.8 Å². The molecule has 2 aromatic heterocycles. The van der Waals surface area contributed by atoms with E-state index >= 15 is 0 Å². The van der Waals surface area contributed by atoms with Gasteiger partial charge in [-0.3, -0.25) is 4.79 Å². The molecule has 0 saturated heterocycles. The second-order valence-corrected chi connectivity index (χ2v) is 7.80. The Hall–Kier alpha value is -2.47. The van der Waals surface area contributed by atoms with E-state index in [2.05, 4.69) is 9.47 Å². The number of nitrogens with zero attached hydrogens (tertiary/aromatic N) is 5. The number of benzene rings is 1. The van der Waals surface area contributed by atoms with Gasteiger partial charge in [-0.25, -0.2) is 15.0 Å². The van der Waals surface area contributed by atoms with Gasteiger partial charge in [-0.2, -0.15) is 0 Å². The number of anilines is 2. The van der Waals surface area contributed by atoms with E-state index in [1.165, 1.54) is 12.8 Å². The van der Waals surface area contributed by atoms with Crippen LogP contribution in [0.2, 0.25) is 5.02 Å². The predicted molar refractivity (Wildman–Crippen MR) is 105 cm³/mol. The summed E-state index contributed by atoms with van der Waals surface area (Å²) in [5.74, 6) is 2.29. The van der Waals surface area contributed by atoms with Crippen molar-refractivity contribution in [2.24, 2.45) is 0 Å². The fraction of sp³-hybridized carbons (Fsp3) is 0.400. The molecule has 6 nitrogen and oxygen atoms in total. The van der Waals surface area contributed by atoms with Crippen molar-refractivity contribution in [3.8, 4) is 0 Å². The highest BCUT2D eigenvalue weighted by molar-refractivity contribution is 6.35. The number of fused-ring (bicyclic) bond motifs is 3. The average molecular weight is 382 g/mol. The maximum absolute atomic E-state index is 11.6. The van der Waals surface area contributed by atoms with E-state index in [9.17, 15) is 4.79 Å². The Morgan fingerprint density at radius 2 is 1.85 bits per heavy atom. The first kappa shape index (κ1) is 16.7. The normalized spacial score (nSPS) is 16.6. The Morgan fingerprint density at radius 3 is 2.52 bits per heavy atom. The molecule has 138 valence electrons. The van der Waals surface area contributed by atoms with E-state index in [4.69, 9.17) is 26.6 Å². The third kappa shape index (κ3) is 2.54. The average Bonchev–Trinajstić information content (AvgIpc) is 3.42. The summed E-state index contributed by atoms with van der Waals surface area (Å²) in [4.78, 5) is 28.1. The zero-order chi connectivity index (χ0) is 18.7. The summed E-state index contributed by atoms with van der Waals surface area (Å²) in [7, 11) is 0. The first-order chi connectivity index (χ1) is 13.1. The molecular formula is C20H20ClN5O. The van der Waals surface area contributed by atoms with Crippen LogP contribution in [0.15, 0.2) is 12.1 Å². The van der Waals surface area contributed by atoms with E-state index in [0.717, 1.165) is 60.2 Å². The van der Waals surface area contributed by atoms with Gasteiger partial charge in [0.05, 0.1) is 27.6 Å². The van der Waals surface area contributed by atoms with Crippen LogP contribution in [0.1, 0.15) is 52.8 Å². The highest BCUT2D eigenvalue weighted by atomic mass is 35.5. The van der Waals surface area contributed by atoms with Crippen LogP contribution in [0.3, 0.4) is 0 Å². The lowest BCUT2D eigenvalue weighted by Crippen LogP contribution is -2.30. The molecule has 0 N–H and O–H groups in total. The van der Waals surface area contributed by atoms with Crippen molar-refractivity contribution >= 4 is 40.6 Å². The molecule has 2 aliphatic rings. The molecule has 3 aromatic rings. The molecule has 0 bridgehead atoms. The lowest BCUT2D eigenvalue weighted by molar-refractivity contribution is 0.112. The minimum absolute atomic E-state index is 0.524. The first-order valence-corrected chi connectivity index (χ1v) is 9.73. The molecule has 5 rings (SSSR count). The predicted octanol–water partition coefficient (Wildman–Crippen LogP) is 4.33. The van der Waals surface area contributed by atoms with Gasteiger partial charge < -0.3 is 9.47 Å². The Morgan fingerprint density at radius 1 is 1.11 bits per heavy atom. The Labute approximate surface area is 162 Å². The number of aromatic nitrogens is 4. The smallest absolute Gasteiger partial charge is 0.211 e. The van der Waals surface area contributed by atoms with Gasteiger partial charge in [0.25, 0.3) is 0 Å². The van der Waals surface area contributed by atoms with Crippen molar-refractivity contribution in [1.82, 2.24) is 19.5 Å². The van der Waals surface area contributed by atoms with Crippen molar-refractivity contribution in [3.05, 3.63) is 39.9 Å². The van der Waals surface area contributed by atoms with Crippen molar-refractivity contribution < 1.29 is 4.79 Å². The molecule has 1 aromatic carbocycles. The van der Waals surface area contributed by atoms with Gasteiger partial charge in [-0.1, -0.05) is 11.6 Å². The SMILES string of the molecule is Cc1nc(C2CC2)nc(C)c1N1CCCn2c1nc1c(Cl)ccc(C=O)c12. The third-order valence-corrected chi connectivity index (χ3v) is 5.76. The van der Waals surface area contributed by atoms with Gasteiger partial charge in [-0.15, -0.1) is 0 Å². The van der Waals surface area contributed by atoms with Crippen LogP contribution in [0.25, 0.3) is 11.0 Å². The quantitative estimate of drug-likeness (QED) is 0.632. The van der Waals surface area contributed by atoms with Crippen LogP contribution in [-0.4, -0.2) is 32.3 Å². The van der Waals surface area contributed by atoms with Crippen LogP contribution >= 0.6 is 11.6 Å². The van der Waals surface area contributed by atoms with Gasteiger partial charge >= 0.3 is 0 Å². The van der Waals surface area contributed by atoms with E-state index in [1.54, 1.807) is 12.1 Å². The molecule has 7 heteroatoms. The minimum Gasteiger partial charge on any atom is -0.309 e. The third-order valence-electron chi connectivity index (χ3n) is 5.45. The highest BCUT2D eigenvalue weighted by Gasteiger charge is 2.31. The Bertz CT molecular complexity index is 1060. The molecule has 3 heterocycles. The van der Waals surface area contributed by atoms with Crippen LogP contribution in [0.5, 0.6) is 0 Å². The fourth-order valence-corrected chi connectivity index (χ4v) is 4.28. The molecule has 0 radical (unpaired) electrons. The second kappa shape index (κ2) is 6.02. The van der Waals surface area contributed by atoms with Gasteiger partial charge in [0.1, 0.15) is 11.3 Å². The van der Waals surface area contributed by atoms with E-state index < -0.39 is 0 Å². The lowest BCUT2D eigenvalue weighted by Gasteiger charge is -2.31. The summed E-state index contributed by atoms with van der Waals surface area (Å²) in [5, 5.41) is 0.561. The summed E-state index contributed by atoms with van der Waals surface area (Å²) < 4.78 is 2.10. The fourth-order valence-electron chi connectivity index (χ4n) is 4.08. The number of carbonyl (C=O) groups is 1. The van der Waals surface area contributed by atoms with Crippen LogP contribution in [0.4, 0.5) is 11.6 Å². The van der Waals surface area contributed by atoms with Crippen LogP contribution in [-0.2, 0) is 6.54 Å². The van der Waals surface area contributed by atoms with Crippen molar-refractivity contribution in [2.45, 2.75) is 45.6 Å². The zero-order valence-corrected chi connectivity index (χ0v) is 16.1. The lowest BCUT2D eigenvalue weighted by atomic mass is 10.2. The number of aldehydes is 1. The minimum atomic E-state index is 0.524. The number of imidazole rings is 1. The van der Waals surface area contributed by atoms with Gasteiger partial charge in [0.2, 0.25) is 5.95 Å². The first-order valence-electron chi connectivity index (χ1n) is 9.35. The maximum atomic E-state index is 11.6. The summed E-state index contributed by atoms with van der Waals surface area (Å²) in [6.45, 7) is 5.73. The molecule has 1 aliphatic carbocycles. The number of hydrogen-bond donors (Lipinski definition) is 0. The number of halogens is 1. The molecule has 0 atom stereocenters. The van der Waals surface area contributed by atoms with Crippen molar-refractivity contribution in [1.29, 1.82) is 0 Å². The molecule has 0 spiro atoms. The monoisotopic (exact) mass is 381 g/mol. The van der Waals surface area contributed by atoms with Gasteiger partial charge in [0, 0.05) is 24.6 Å². The Balaban J connectivity index is 1.71. The summed E-state index contributed by atoms with van der Waals surface area (Å²) in [5.41, 5.74) is 5.07. The standard InChI is InChI=1S/C20H20ClN5O/c1-11-17(12(2)23-19(22-11)13-4-5-13)25-8-3-9-26-18-14(10-27)6-7-15(21)16(18)24-20(25)26/h6-7,10,13H,3-5,8-9H2,1-2H3. The molecule has 0 amide bonds. The summed E-state index contributed by atoms with van der Waals surface area (Å²) in [6.07, 6.45) is 4.19. The molecular weight excluding hydrogens is 362 g/mol. The van der Waals surface area contributed by atoms with E-state index in [1.807, 2.05) is 13.8 Å². The number of rotatable bonds is 3. The summed E-state index contributed by atoms with van der Waals surface area (Å²) >= 11 is 6.39. The number of hydrogen-bond acceptors (Lipinski definition) is 5. The van der Waals surface area contributed by atoms with E-state index in [-0.39, 0.29) is 0 Å². The largest absolute Gasteiger partial charge is 0.309 e. The van der Waals surface area contributed by atoms with Crippen molar-refractivity contribution in [2.75, 3.05) is 11.4 Å². The number of carbonyl (C=O) groups excluding carboxylic acids is 1. The zero-order valence-electron chi connectivity index (χ0n) is 15.4. The highest BCUT2D eigenvalue weighted by Crippen LogP contribution is 2.41. The Kier molecular flexibility index (Phi) is 3.72. The number of aryl methyl sites for hydroxylation is 3. The molecule has 1 aliphatic heterocycles. The van der Waals surface area contributed by atoms with Gasteiger partial charge in [0.15, 0.2) is 6.29 Å². The molecule has 0 unspecified atom stereocenters. The van der Waals surface area contributed by atoms with E-state index in [0.29, 0.717) is 22.0 Å². The molecule has 1 fully saturated rings.